The Kier molecular flexibility index (Phi) is 5.46. The van der Waals surface area contributed by atoms with Crippen molar-refractivity contribution in [3.63, 3.8) is 0 Å². The van der Waals surface area contributed by atoms with Crippen molar-refractivity contribution in [2.75, 3.05) is 19.7 Å². The summed E-state index contributed by atoms with van der Waals surface area (Å²) in [5.41, 5.74) is 3.52. The maximum atomic E-state index is 10.5. The summed E-state index contributed by atoms with van der Waals surface area (Å²) in [5, 5.41) is 12.5. The maximum Gasteiger partial charge on any atom is 0.165 e. The van der Waals surface area contributed by atoms with Gasteiger partial charge in [0.1, 0.15) is 6.61 Å². The summed E-state index contributed by atoms with van der Waals surface area (Å²) in [6.07, 6.45) is 1.11. The van der Waals surface area contributed by atoms with Crippen molar-refractivity contribution >= 4 is 11.3 Å². The van der Waals surface area contributed by atoms with E-state index in [-0.39, 0.29) is 5.75 Å². The fourth-order valence-electron chi connectivity index (χ4n) is 3.65. The summed E-state index contributed by atoms with van der Waals surface area (Å²) in [5.74, 6) is 1.42. The number of phenols is 1. The first-order chi connectivity index (χ1) is 13.2. The molecule has 1 aliphatic rings. The second-order valence-electron chi connectivity index (χ2n) is 7.19. The van der Waals surface area contributed by atoms with Gasteiger partial charge in [0.2, 0.25) is 0 Å². The van der Waals surface area contributed by atoms with Crippen LogP contribution in [0.3, 0.4) is 0 Å². The number of fused-ring (bicyclic) bond motifs is 1. The Labute approximate surface area is 164 Å². The quantitative estimate of drug-likeness (QED) is 0.634. The van der Waals surface area contributed by atoms with Crippen LogP contribution in [0.1, 0.15) is 30.4 Å². The highest BCUT2D eigenvalue weighted by molar-refractivity contribution is 7.13. The van der Waals surface area contributed by atoms with Crippen molar-refractivity contribution in [3.05, 3.63) is 71.1 Å². The van der Waals surface area contributed by atoms with E-state index in [1.807, 2.05) is 12.1 Å². The van der Waals surface area contributed by atoms with Crippen LogP contribution in [0, 0.1) is 0 Å². The van der Waals surface area contributed by atoms with E-state index in [1.165, 1.54) is 10.4 Å². The largest absolute Gasteiger partial charge is 0.504 e. The molecule has 1 atom stereocenters. The Bertz CT molecular complexity index is 877. The van der Waals surface area contributed by atoms with Crippen LogP contribution in [-0.2, 0) is 6.54 Å². The predicted octanol–water partition coefficient (Wildman–Crippen LogP) is 5.51. The second kappa shape index (κ2) is 8.15. The fourth-order valence-corrected chi connectivity index (χ4v) is 4.37. The number of ether oxygens (including phenoxy) is 1. The molecule has 0 saturated heterocycles. The highest BCUT2D eigenvalue weighted by atomic mass is 32.1. The zero-order valence-electron chi connectivity index (χ0n) is 15.6. The third-order valence-corrected chi connectivity index (χ3v) is 6.17. The lowest BCUT2D eigenvalue weighted by atomic mass is 9.97. The third kappa shape index (κ3) is 4.18. The van der Waals surface area contributed by atoms with Gasteiger partial charge in [-0.05, 0) is 53.6 Å². The Hall–Kier alpha value is -2.30. The smallest absolute Gasteiger partial charge is 0.165 e. The van der Waals surface area contributed by atoms with Gasteiger partial charge in [-0.2, -0.15) is 0 Å². The van der Waals surface area contributed by atoms with E-state index in [2.05, 4.69) is 59.7 Å². The molecule has 4 heteroatoms. The van der Waals surface area contributed by atoms with Gasteiger partial charge in [-0.15, -0.1) is 11.3 Å². The van der Waals surface area contributed by atoms with E-state index < -0.39 is 0 Å². The molecule has 1 unspecified atom stereocenters. The van der Waals surface area contributed by atoms with Crippen molar-refractivity contribution in [3.8, 4) is 21.9 Å². The van der Waals surface area contributed by atoms with Crippen molar-refractivity contribution < 1.29 is 9.84 Å². The topological polar surface area (TPSA) is 32.7 Å². The predicted molar refractivity (Wildman–Crippen MR) is 112 cm³/mol. The van der Waals surface area contributed by atoms with Crippen LogP contribution in [0.25, 0.3) is 10.4 Å². The number of nitrogens with zero attached hydrogens (tertiary/aromatic N) is 1. The lowest BCUT2D eigenvalue weighted by Crippen LogP contribution is -2.27. The normalized spacial score (nSPS) is 15.6. The van der Waals surface area contributed by atoms with E-state index in [9.17, 15) is 5.11 Å². The van der Waals surface area contributed by atoms with Crippen LogP contribution >= 0.6 is 11.3 Å². The van der Waals surface area contributed by atoms with Gasteiger partial charge >= 0.3 is 0 Å². The lowest BCUT2D eigenvalue weighted by molar-refractivity contribution is 0.218. The first kappa shape index (κ1) is 18.1. The van der Waals surface area contributed by atoms with Crippen LogP contribution in [0.2, 0.25) is 0 Å². The van der Waals surface area contributed by atoms with Crippen molar-refractivity contribution in [2.24, 2.45) is 0 Å². The molecule has 27 heavy (non-hydrogen) atoms. The van der Waals surface area contributed by atoms with Gasteiger partial charge in [-0.25, -0.2) is 0 Å². The number of thiophene rings is 1. The molecule has 0 aliphatic carbocycles. The standard InChI is InChI=1S/C23H25NO2S/c1-17(18-6-3-2-4-7-18)9-10-24-11-12-26-23-20(16-24)14-19(15-21(23)25)22-8-5-13-27-22/h2-8,13-15,17,25H,9-12,16H2,1H3. The molecule has 3 aromatic rings. The molecule has 0 fully saturated rings. The zero-order chi connectivity index (χ0) is 18.6. The molecule has 3 nitrogen and oxygen atoms in total. The molecule has 2 heterocycles. The Morgan fingerprint density at radius 3 is 2.78 bits per heavy atom. The summed E-state index contributed by atoms with van der Waals surface area (Å²) in [6, 6.07) is 18.8. The van der Waals surface area contributed by atoms with Crippen molar-refractivity contribution in [2.45, 2.75) is 25.8 Å². The van der Waals surface area contributed by atoms with Gasteiger partial charge in [0.25, 0.3) is 0 Å². The molecule has 1 N–H and O–H groups in total. The molecule has 0 spiro atoms. The van der Waals surface area contributed by atoms with Crippen molar-refractivity contribution in [1.82, 2.24) is 4.90 Å². The van der Waals surface area contributed by atoms with E-state index >= 15 is 0 Å². The van der Waals surface area contributed by atoms with Gasteiger partial charge in [-0.3, -0.25) is 4.90 Å². The van der Waals surface area contributed by atoms with Gasteiger partial charge in [0.05, 0.1) is 0 Å². The molecule has 1 aliphatic heterocycles. The minimum absolute atomic E-state index is 0.246. The summed E-state index contributed by atoms with van der Waals surface area (Å²) >= 11 is 1.69. The van der Waals surface area contributed by atoms with E-state index in [0.29, 0.717) is 18.3 Å². The second-order valence-corrected chi connectivity index (χ2v) is 8.13. The number of benzene rings is 2. The summed E-state index contributed by atoms with van der Waals surface area (Å²) in [4.78, 5) is 3.60. The average molecular weight is 380 g/mol. The number of hydrogen-bond donors (Lipinski definition) is 1. The van der Waals surface area contributed by atoms with Crippen LogP contribution in [0.15, 0.2) is 60.0 Å². The maximum absolute atomic E-state index is 10.5. The van der Waals surface area contributed by atoms with E-state index in [4.69, 9.17) is 4.74 Å². The number of rotatable bonds is 5. The molecular formula is C23H25NO2S. The highest BCUT2D eigenvalue weighted by Gasteiger charge is 2.20. The van der Waals surface area contributed by atoms with Crippen molar-refractivity contribution in [1.29, 1.82) is 0 Å². The third-order valence-electron chi connectivity index (χ3n) is 5.25. The number of aromatic hydroxyl groups is 1. The monoisotopic (exact) mass is 379 g/mol. The van der Waals surface area contributed by atoms with Gasteiger partial charge < -0.3 is 9.84 Å². The molecule has 0 bridgehead atoms. The average Bonchev–Trinajstić information content (AvgIpc) is 3.14. The molecule has 0 saturated carbocycles. The SMILES string of the molecule is CC(CCN1CCOc2c(O)cc(-c3cccs3)cc2C1)c1ccccc1. The summed E-state index contributed by atoms with van der Waals surface area (Å²) in [7, 11) is 0. The molecule has 2 aromatic carbocycles. The van der Waals surface area contributed by atoms with Crippen LogP contribution in [0.4, 0.5) is 0 Å². The number of phenolic OH excluding ortho intramolecular Hbond substituents is 1. The molecule has 0 radical (unpaired) electrons. The summed E-state index contributed by atoms with van der Waals surface area (Å²) in [6.45, 7) is 5.60. The van der Waals surface area contributed by atoms with Gasteiger partial charge in [0.15, 0.2) is 11.5 Å². The van der Waals surface area contributed by atoms with Crippen LogP contribution < -0.4 is 4.74 Å². The first-order valence-electron chi connectivity index (χ1n) is 9.50. The minimum atomic E-state index is 0.246. The minimum Gasteiger partial charge on any atom is -0.504 e. The number of hydrogen-bond acceptors (Lipinski definition) is 4. The lowest BCUT2D eigenvalue weighted by Gasteiger charge is -2.22. The summed E-state index contributed by atoms with van der Waals surface area (Å²) < 4.78 is 5.89. The van der Waals surface area contributed by atoms with E-state index in [0.717, 1.165) is 37.2 Å². The Morgan fingerprint density at radius 2 is 2.00 bits per heavy atom. The van der Waals surface area contributed by atoms with Crippen LogP contribution in [0.5, 0.6) is 11.5 Å². The Morgan fingerprint density at radius 1 is 1.15 bits per heavy atom. The zero-order valence-corrected chi connectivity index (χ0v) is 16.4. The molecule has 4 rings (SSSR count). The fraction of sp³-hybridized carbons (Fsp3) is 0.304. The van der Waals surface area contributed by atoms with Gasteiger partial charge in [-0.1, -0.05) is 43.3 Å². The van der Waals surface area contributed by atoms with E-state index in [1.54, 1.807) is 11.3 Å². The molecule has 0 amide bonds. The molecule has 1 aromatic heterocycles. The molecule has 140 valence electrons. The highest BCUT2D eigenvalue weighted by Crippen LogP contribution is 2.38. The molecular weight excluding hydrogens is 354 g/mol. The first-order valence-corrected chi connectivity index (χ1v) is 10.4. The van der Waals surface area contributed by atoms with Crippen LogP contribution in [-0.4, -0.2) is 29.7 Å². The Balaban J connectivity index is 1.49. The van der Waals surface area contributed by atoms with Gasteiger partial charge in [0, 0.05) is 23.5 Å².